The van der Waals surface area contributed by atoms with E-state index >= 15 is 0 Å². The highest BCUT2D eigenvalue weighted by Crippen LogP contribution is 2.08. The Kier molecular flexibility index (Phi) is 4.50. The second kappa shape index (κ2) is 4.90. The van der Waals surface area contributed by atoms with Gasteiger partial charge in [-0.25, -0.2) is 0 Å². The molecule has 9 heavy (non-hydrogen) atoms. The van der Waals surface area contributed by atoms with Gasteiger partial charge in [-0.05, 0) is 6.42 Å². The van der Waals surface area contributed by atoms with Crippen LogP contribution in [0.4, 0.5) is 0 Å². The molecule has 0 aromatic heterocycles. The summed E-state index contributed by atoms with van der Waals surface area (Å²) >= 11 is 3.40. The number of hydrogen-bond donors (Lipinski definition) is 0. The van der Waals surface area contributed by atoms with E-state index in [1.807, 2.05) is 0 Å². The zero-order valence-electron chi connectivity index (χ0n) is 5.31. The van der Waals surface area contributed by atoms with Crippen LogP contribution < -0.4 is 0 Å². The first-order valence-electron chi connectivity index (χ1n) is 3.22. The van der Waals surface area contributed by atoms with E-state index in [-0.39, 0.29) is 24.5 Å². The third kappa shape index (κ3) is 3.18. The molecule has 4 heteroatoms. The molecule has 0 aromatic rings. The first-order chi connectivity index (χ1) is 4.43. The fraction of sp³-hybridized carbons (Fsp3) is 1.00. The molecule has 0 saturated carbocycles. The highest BCUT2D eigenvalue weighted by molar-refractivity contribution is 9.23. The van der Waals surface area contributed by atoms with Crippen molar-refractivity contribution in [3.05, 3.63) is 0 Å². The minimum absolute atomic E-state index is 0.0684. The van der Waals surface area contributed by atoms with Gasteiger partial charge >= 0.3 is 18.2 Å². The zero-order valence-corrected chi connectivity index (χ0v) is 8.31. The Hall–Kier alpha value is 1.17. The summed E-state index contributed by atoms with van der Waals surface area (Å²) < 4.78 is 11.7. The fourth-order valence-corrected chi connectivity index (χ4v) is 2.43. The van der Waals surface area contributed by atoms with Gasteiger partial charge in [-0.2, -0.15) is 0 Å². The number of ether oxygens (including phenoxy) is 2. The van der Waals surface area contributed by atoms with E-state index in [1.165, 1.54) is 0 Å². The third-order valence-electron chi connectivity index (χ3n) is 1.24. The van der Waals surface area contributed by atoms with Crippen LogP contribution in [0.5, 0.6) is 0 Å². The lowest BCUT2D eigenvalue weighted by Gasteiger charge is -2.22. The van der Waals surface area contributed by atoms with Crippen molar-refractivity contribution >= 4 is 31.1 Å². The van der Waals surface area contributed by atoms with Crippen LogP contribution in [0.2, 0.25) is 4.55 Å². The summed E-state index contributed by atoms with van der Waals surface area (Å²) in [4.78, 5) is 0. The zero-order chi connectivity index (χ0) is 6.53. The number of halogens is 1. The van der Waals surface area contributed by atoms with Crippen molar-refractivity contribution < 1.29 is 9.47 Å². The lowest BCUT2D eigenvalue weighted by Crippen LogP contribution is -2.24. The molecule has 0 atom stereocenters. The molecule has 50 valence electrons. The van der Waals surface area contributed by atoms with Gasteiger partial charge in [0.15, 0.2) is 0 Å². The van der Waals surface area contributed by atoms with Crippen LogP contribution in [0.1, 0.15) is 6.42 Å². The Bertz CT molecular complexity index is 72.6. The molecular formula is C5H9BrMgO2. The monoisotopic (exact) mass is 204 g/mol. The summed E-state index contributed by atoms with van der Waals surface area (Å²) in [7, 11) is 0. The maximum Gasteiger partial charge on any atom is 0.474 e. The lowest BCUT2D eigenvalue weighted by atomic mass is 10.4. The summed E-state index contributed by atoms with van der Waals surface area (Å²) in [5.41, 5.74) is 0. The van der Waals surface area contributed by atoms with E-state index in [0.29, 0.717) is 0 Å². The Morgan fingerprint density at radius 3 is 2.67 bits per heavy atom. The predicted octanol–water partition coefficient (Wildman–Crippen LogP) is 1.18. The Morgan fingerprint density at radius 1 is 1.44 bits per heavy atom. The van der Waals surface area contributed by atoms with Gasteiger partial charge in [-0.15, -0.1) is 0 Å². The minimum atomic E-state index is -0.0684. The Morgan fingerprint density at radius 2 is 2.11 bits per heavy atom. The molecule has 0 bridgehead atoms. The van der Waals surface area contributed by atoms with Crippen LogP contribution in [0.3, 0.4) is 0 Å². The summed E-state index contributed by atoms with van der Waals surface area (Å²) in [6.45, 7) is 1.76. The van der Waals surface area contributed by atoms with E-state index in [2.05, 4.69) is 12.9 Å². The SMILES string of the molecule is [Br][Mg][CH2]C1OCCCO1. The Labute approximate surface area is 70.9 Å². The van der Waals surface area contributed by atoms with Crippen molar-refractivity contribution in [2.24, 2.45) is 0 Å². The quantitative estimate of drug-likeness (QED) is 0.630. The maximum absolute atomic E-state index is 5.30. The molecule has 0 spiro atoms. The topological polar surface area (TPSA) is 18.5 Å². The molecule has 1 rings (SSSR count). The van der Waals surface area contributed by atoms with E-state index in [1.54, 1.807) is 0 Å². The molecule has 0 unspecified atom stereocenters. The van der Waals surface area contributed by atoms with Crippen LogP contribution in [0, 0.1) is 0 Å². The van der Waals surface area contributed by atoms with Gasteiger partial charge in [-0.3, -0.25) is 0 Å². The van der Waals surface area contributed by atoms with Crippen molar-refractivity contribution in [2.45, 2.75) is 17.3 Å². The van der Waals surface area contributed by atoms with Gasteiger partial charge < -0.3 is 22.4 Å². The molecule has 1 aliphatic rings. The van der Waals surface area contributed by atoms with Crippen LogP contribution >= 0.6 is 12.9 Å². The molecule has 1 aliphatic heterocycles. The van der Waals surface area contributed by atoms with Gasteiger partial charge in [0, 0.05) is 0 Å². The standard InChI is InChI=1S/C5H9O2.BrH.Mg/c1-5-6-3-2-4-7-5;;/h5H,1-4H2;1H;/q;;+1/p-1. The highest BCUT2D eigenvalue weighted by Gasteiger charge is 2.12. The van der Waals surface area contributed by atoms with Crippen molar-refractivity contribution in [1.82, 2.24) is 0 Å². The van der Waals surface area contributed by atoms with E-state index in [0.717, 1.165) is 24.2 Å². The molecule has 1 saturated heterocycles. The summed E-state index contributed by atoms with van der Waals surface area (Å²) in [6, 6.07) is 0. The van der Waals surface area contributed by atoms with Crippen LogP contribution in [-0.2, 0) is 9.47 Å². The van der Waals surface area contributed by atoms with Gasteiger partial charge in [0.25, 0.3) is 0 Å². The second-order valence-corrected chi connectivity index (χ2v) is 5.34. The predicted molar refractivity (Wildman–Crippen MR) is 39.8 cm³/mol. The van der Waals surface area contributed by atoms with Crippen molar-refractivity contribution in [2.75, 3.05) is 13.2 Å². The molecular weight excluding hydrogens is 196 g/mol. The summed E-state index contributed by atoms with van der Waals surface area (Å²) in [6.07, 6.45) is 1.17. The van der Waals surface area contributed by atoms with Crippen LogP contribution in [0.15, 0.2) is 0 Å². The van der Waals surface area contributed by atoms with Crippen molar-refractivity contribution in [3.8, 4) is 0 Å². The maximum atomic E-state index is 5.30. The normalized spacial score (nSPS) is 21.4. The largest absolute Gasteiger partial charge is 0.474 e. The van der Waals surface area contributed by atoms with Crippen molar-refractivity contribution in [1.29, 1.82) is 0 Å². The number of hydrogen-bond acceptors (Lipinski definition) is 2. The molecule has 1 heterocycles. The first-order valence-corrected chi connectivity index (χ1v) is 8.12. The molecule has 2 nitrogen and oxygen atoms in total. The van der Waals surface area contributed by atoms with Crippen LogP contribution in [-0.4, -0.2) is 37.7 Å². The van der Waals surface area contributed by atoms with Crippen molar-refractivity contribution in [3.63, 3.8) is 0 Å². The van der Waals surface area contributed by atoms with Gasteiger partial charge in [0.1, 0.15) is 6.29 Å². The first kappa shape index (κ1) is 8.26. The smallest absolute Gasteiger partial charge is 0.355 e. The number of rotatable bonds is 2. The molecule has 0 amide bonds. The average Bonchev–Trinajstić information content (AvgIpc) is 1.91. The van der Waals surface area contributed by atoms with E-state index < -0.39 is 0 Å². The van der Waals surface area contributed by atoms with E-state index in [4.69, 9.17) is 9.47 Å². The molecule has 0 aromatic carbocycles. The average molecular weight is 205 g/mol. The highest BCUT2D eigenvalue weighted by atomic mass is 79.9. The Balaban J connectivity index is 2.08. The van der Waals surface area contributed by atoms with Gasteiger partial charge in [0.2, 0.25) is 0 Å². The molecule has 1 fully saturated rings. The van der Waals surface area contributed by atoms with Crippen LogP contribution in [0.25, 0.3) is 0 Å². The third-order valence-corrected chi connectivity index (χ3v) is 3.30. The molecule has 0 N–H and O–H groups in total. The molecule has 0 radical (unpaired) electrons. The summed E-state index contributed by atoms with van der Waals surface area (Å²) in [5, 5.41) is 0. The van der Waals surface area contributed by atoms with E-state index in [9.17, 15) is 0 Å². The minimum Gasteiger partial charge on any atom is -0.355 e. The van der Waals surface area contributed by atoms with Gasteiger partial charge in [0.05, 0.1) is 13.2 Å². The lowest BCUT2D eigenvalue weighted by molar-refractivity contribution is -0.166. The molecule has 0 aliphatic carbocycles. The second-order valence-electron chi connectivity index (χ2n) is 2.00. The van der Waals surface area contributed by atoms with Gasteiger partial charge in [-0.1, -0.05) is 4.55 Å². The summed E-state index contributed by atoms with van der Waals surface area (Å²) in [5.74, 6) is 0. The fourth-order valence-electron chi connectivity index (χ4n) is 0.792.